The highest BCUT2D eigenvalue weighted by molar-refractivity contribution is 5.37. The van der Waals surface area contributed by atoms with Crippen LogP contribution in [0.1, 0.15) is 18.5 Å². The number of nitrogens with zero attached hydrogens (tertiary/aromatic N) is 2. The van der Waals surface area contributed by atoms with E-state index < -0.39 is 0 Å². The molecule has 1 aromatic carbocycles. The van der Waals surface area contributed by atoms with E-state index in [1.165, 1.54) is 20.3 Å². The number of nitrogens with one attached hydrogen (secondary N) is 1. The van der Waals surface area contributed by atoms with Crippen molar-refractivity contribution in [3.05, 3.63) is 41.7 Å². The summed E-state index contributed by atoms with van der Waals surface area (Å²) in [6.07, 6.45) is 0. The van der Waals surface area contributed by atoms with Crippen molar-refractivity contribution < 1.29 is 13.9 Å². The summed E-state index contributed by atoms with van der Waals surface area (Å²) in [5, 5.41) is 3.03. The van der Waals surface area contributed by atoms with E-state index in [-0.39, 0.29) is 11.9 Å². The van der Waals surface area contributed by atoms with Crippen LogP contribution >= 0.6 is 0 Å². The minimum Gasteiger partial charge on any atom is -0.481 e. The van der Waals surface area contributed by atoms with E-state index in [0.29, 0.717) is 23.3 Å². The van der Waals surface area contributed by atoms with Crippen LogP contribution in [-0.4, -0.2) is 24.2 Å². The molecule has 1 atom stereocenters. The standard InChI is InChI=1S/C14H16FN3O2/c1-9(10-6-4-5-7-11(10)15)16-14-17-12(19-2)8-13(18-14)20-3/h4-9H,1-3H3,(H,16,17,18). The molecule has 0 fully saturated rings. The van der Waals surface area contributed by atoms with Gasteiger partial charge in [-0.1, -0.05) is 18.2 Å². The number of ether oxygens (including phenoxy) is 2. The predicted molar refractivity (Wildman–Crippen MR) is 73.6 cm³/mol. The molecule has 0 saturated heterocycles. The highest BCUT2D eigenvalue weighted by atomic mass is 19.1. The van der Waals surface area contributed by atoms with Gasteiger partial charge in [0.2, 0.25) is 17.7 Å². The maximum Gasteiger partial charge on any atom is 0.229 e. The van der Waals surface area contributed by atoms with Gasteiger partial charge in [-0.05, 0) is 13.0 Å². The van der Waals surface area contributed by atoms with E-state index in [2.05, 4.69) is 15.3 Å². The molecule has 5 nitrogen and oxygen atoms in total. The fourth-order valence-corrected chi connectivity index (χ4v) is 1.78. The zero-order chi connectivity index (χ0) is 14.5. The second kappa shape index (κ2) is 6.18. The van der Waals surface area contributed by atoms with Gasteiger partial charge < -0.3 is 14.8 Å². The second-order valence-electron chi connectivity index (χ2n) is 4.16. The first kappa shape index (κ1) is 14.0. The number of rotatable bonds is 5. The largest absolute Gasteiger partial charge is 0.481 e. The summed E-state index contributed by atoms with van der Waals surface area (Å²) in [6.45, 7) is 1.83. The lowest BCUT2D eigenvalue weighted by molar-refractivity contribution is 0.372. The third kappa shape index (κ3) is 3.14. The predicted octanol–water partition coefficient (Wildman–Crippen LogP) is 2.81. The van der Waals surface area contributed by atoms with E-state index in [4.69, 9.17) is 9.47 Å². The number of hydrogen-bond acceptors (Lipinski definition) is 5. The SMILES string of the molecule is COc1cc(OC)nc(NC(C)c2ccccc2F)n1. The van der Waals surface area contributed by atoms with E-state index in [9.17, 15) is 4.39 Å². The van der Waals surface area contributed by atoms with Crippen molar-refractivity contribution in [2.24, 2.45) is 0 Å². The van der Waals surface area contributed by atoms with Crippen molar-refractivity contribution in [1.82, 2.24) is 9.97 Å². The Morgan fingerprint density at radius 1 is 1.10 bits per heavy atom. The zero-order valence-corrected chi connectivity index (χ0v) is 11.6. The third-order valence-electron chi connectivity index (χ3n) is 2.81. The minimum atomic E-state index is -0.284. The van der Waals surface area contributed by atoms with Crippen LogP contribution in [0.4, 0.5) is 10.3 Å². The van der Waals surface area contributed by atoms with Crippen LogP contribution in [0.25, 0.3) is 0 Å². The monoisotopic (exact) mass is 277 g/mol. The molecule has 1 unspecified atom stereocenters. The van der Waals surface area contributed by atoms with E-state index in [0.717, 1.165) is 0 Å². The Labute approximate surface area is 116 Å². The Bertz CT molecular complexity index is 570. The Hall–Kier alpha value is -2.37. The number of aromatic nitrogens is 2. The van der Waals surface area contributed by atoms with Crippen LogP contribution in [0.2, 0.25) is 0 Å². The van der Waals surface area contributed by atoms with Crippen LogP contribution in [0.5, 0.6) is 11.8 Å². The molecule has 1 heterocycles. The Kier molecular flexibility index (Phi) is 4.34. The van der Waals surface area contributed by atoms with Gasteiger partial charge in [-0.3, -0.25) is 0 Å². The summed E-state index contributed by atoms with van der Waals surface area (Å²) < 4.78 is 23.8. The van der Waals surface area contributed by atoms with E-state index in [1.807, 2.05) is 6.92 Å². The van der Waals surface area contributed by atoms with Gasteiger partial charge in [-0.25, -0.2) is 4.39 Å². The molecule has 0 amide bonds. The average Bonchev–Trinajstić information content (AvgIpc) is 2.47. The first-order valence-corrected chi connectivity index (χ1v) is 6.12. The summed E-state index contributed by atoms with van der Waals surface area (Å²) in [5.74, 6) is 0.791. The van der Waals surface area contributed by atoms with Crippen LogP contribution in [0.3, 0.4) is 0 Å². The molecule has 0 aliphatic heterocycles. The summed E-state index contributed by atoms with van der Waals surface area (Å²) in [5.41, 5.74) is 0.540. The van der Waals surface area contributed by atoms with Gasteiger partial charge in [0.15, 0.2) is 0 Å². The summed E-state index contributed by atoms with van der Waals surface area (Å²) in [6, 6.07) is 7.84. The molecule has 0 spiro atoms. The maximum absolute atomic E-state index is 13.7. The molecule has 0 aliphatic rings. The lowest BCUT2D eigenvalue weighted by Gasteiger charge is -2.15. The first-order valence-electron chi connectivity index (χ1n) is 6.12. The molecule has 6 heteroatoms. The molecule has 0 aliphatic carbocycles. The molecule has 0 bridgehead atoms. The van der Waals surface area contributed by atoms with E-state index in [1.54, 1.807) is 24.3 Å². The van der Waals surface area contributed by atoms with Crippen molar-refractivity contribution in [3.8, 4) is 11.8 Å². The minimum absolute atomic E-state index is 0.276. The number of methoxy groups -OCH3 is 2. The molecule has 2 aromatic rings. The number of hydrogen-bond donors (Lipinski definition) is 1. The molecule has 1 N–H and O–H groups in total. The van der Waals surface area contributed by atoms with Gasteiger partial charge in [-0.2, -0.15) is 9.97 Å². The molecule has 20 heavy (non-hydrogen) atoms. The topological polar surface area (TPSA) is 56.3 Å². The van der Waals surface area contributed by atoms with Crippen molar-refractivity contribution in [2.75, 3.05) is 19.5 Å². The van der Waals surface area contributed by atoms with Gasteiger partial charge >= 0.3 is 0 Å². The third-order valence-corrected chi connectivity index (χ3v) is 2.81. The van der Waals surface area contributed by atoms with Gasteiger partial charge in [0, 0.05) is 5.56 Å². The van der Waals surface area contributed by atoms with Crippen LogP contribution in [0.15, 0.2) is 30.3 Å². The maximum atomic E-state index is 13.7. The van der Waals surface area contributed by atoms with Crippen LogP contribution in [0, 0.1) is 5.82 Å². The van der Waals surface area contributed by atoms with Crippen molar-refractivity contribution in [1.29, 1.82) is 0 Å². The average molecular weight is 277 g/mol. The van der Waals surface area contributed by atoms with Gasteiger partial charge in [-0.15, -0.1) is 0 Å². The summed E-state index contributed by atoms with van der Waals surface area (Å²) >= 11 is 0. The quantitative estimate of drug-likeness (QED) is 0.910. The lowest BCUT2D eigenvalue weighted by atomic mass is 10.1. The first-order chi connectivity index (χ1) is 9.63. The second-order valence-corrected chi connectivity index (χ2v) is 4.16. The van der Waals surface area contributed by atoms with Crippen molar-refractivity contribution in [3.63, 3.8) is 0 Å². The summed E-state index contributed by atoms with van der Waals surface area (Å²) in [7, 11) is 3.01. The molecule has 1 aromatic heterocycles. The normalized spacial score (nSPS) is 11.8. The molecule has 0 saturated carbocycles. The van der Waals surface area contributed by atoms with Crippen LogP contribution in [-0.2, 0) is 0 Å². The Balaban J connectivity index is 2.23. The fourth-order valence-electron chi connectivity index (χ4n) is 1.78. The highest BCUT2D eigenvalue weighted by Crippen LogP contribution is 2.23. The van der Waals surface area contributed by atoms with E-state index >= 15 is 0 Å². The van der Waals surface area contributed by atoms with Crippen molar-refractivity contribution in [2.45, 2.75) is 13.0 Å². The fraction of sp³-hybridized carbons (Fsp3) is 0.286. The zero-order valence-electron chi connectivity index (χ0n) is 11.6. The molecule has 106 valence electrons. The van der Waals surface area contributed by atoms with Gasteiger partial charge in [0.1, 0.15) is 5.82 Å². The smallest absolute Gasteiger partial charge is 0.229 e. The number of halogens is 1. The summed E-state index contributed by atoms with van der Waals surface area (Å²) in [4.78, 5) is 8.30. The number of benzene rings is 1. The highest BCUT2D eigenvalue weighted by Gasteiger charge is 2.13. The number of anilines is 1. The van der Waals surface area contributed by atoms with Crippen molar-refractivity contribution >= 4 is 5.95 Å². The van der Waals surface area contributed by atoms with Gasteiger partial charge in [0.25, 0.3) is 0 Å². The van der Waals surface area contributed by atoms with Gasteiger partial charge in [0.05, 0.1) is 26.3 Å². The Morgan fingerprint density at radius 3 is 2.25 bits per heavy atom. The van der Waals surface area contributed by atoms with Crippen LogP contribution < -0.4 is 14.8 Å². The molecule has 0 radical (unpaired) electrons. The molecule has 2 rings (SSSR count). The lowest BCUT2D eigenvalue weighted by Crippen LogP contribution is -2.11. The Morgan fingerprint density at radius 2 is 1.70 bits per heavy atom. The molecular weight excluding hydrogens is 261 g/mol. The molecular formula is C14H16FN3O2.